The number of hydrogen-bond donors (Lipinski definition) is 2. The fourth-order valence-electron chi connectivity index (χ4n) is 2.26. The highest BCUT2D eigenvalue weighted by molar-refractivity contribution is 7.92. The van der Waals surface area contributed by atoms with Crippen molar-refractivity contribution in [2.24, 2.45) is 0 Å². The first-order valence-corrected chi connectivity index (χ1v) is 10.0. The van der Waals surface area contributed by atoms with Gasteiger partial charge in [-0.25, -0.2) is 13.2 Å². The average molecular weight is 406 g/mol. The van der Waals surface area contributed by atoms with Crippen molar-refractivity contribution in [2.45, 2.75) is 24.8 Å². The van der Waals surface area contributed by atoms with Crippen LogP contribution in [0, 0.1) is 0 Å². The molecule has 0 bridgehead atoms. The Hall–Kier alpha value is -3.07. The summed E-state index contributed by atoms with van der Waals surface area (Å²) in [7, 11) is -2.41. The van der Waals surface area contributed by atoms with Crippen LogP contribution >= 0.6 is 0 Å². The Kier molecular flexibility index (Phi) is 7.00. The molecule has 0 saturated carbocycles. The van der Waals surface area contributed by atoms with Gasteiger partial charge in [0.25, 0.3) is 15.9 Å². The summed E-state index contributed by atoms with van der Waals surface area (Å²) in [6.45, 7) is 3.59. The van der Waals surface area contributed by atoms with Crippen LogP contribution in [-0.4, -0.2) is 40.1 Å². The van der Waals surface area contributed by atoms with Gasteiger partial charge in [0.05, 0.1) is 17.6 Å². The zero-order chi connectivity index (χ0) is 20.7. The van der Waals surface area contributed by atoms with E-state index in [-0.39, 0.29) is 10.5 Å². The third-order valence-corrected chi connectivity index (χ3v) is 5.11. The first kappa shape index (κ1) is 21.2. The Bertz CT molecular complexity index is 941. The summed E-state index contributed by atoms with van der Waals surface area (Å²) >= 11 is 0. The average Bonchev–Trinajstić information content (AvgIpc) is 2.68. The maximum Gasteiger partial charge on any atom is 0.338 e. The van der Waals surface area contributed by atoms with E-state index in [1.807, 2.05) is 0 Å². The van der Waals surface area contributed by atoms with Crippen LogP contribution in [0.15, 0.2) is 53.4 Å². The quantitative estimate of drug-likeness (QED) is 0.650. The van der Waals surface area contributed by atoms with Crippen LogP contribution in [0.2, 0.25) is 0 Å². The lowest BCUT2D eigenvalue weighted by molar-refractivity contribution is -0.128. The largest absolute Gasteiger partial charge is 0.497 e. The van der Waals surface area contributed by atoms with Crippen molar-refractivity contribution in [1.29, 1.82) is 0 Å². The highest BCUT2D eigenvalue weighted by Crippen LogP contribution is 2.20. The molecule has 0 aliphatic heterocycles. The molecule has 0 aromatic heterocycles. The molecule has 28 heavy (non-hydrogen) atoms. The van der Waals surface area contributed by atoms with Crippen LogP contribution < -0.4 is 14.8 Å². The van der Waals surface area contributed by atoms with Gasteiger partial charge in [-0.05, 0) is 56.3 Å². The summed E-state index contributed by atoms with van der Waals surface area (Å²) in [6.07, 6.45) is -0.995. The standard InChI is InChI=1S/C19H22N2O6S/c1-4-20-18(22)13(2)27-19(23)14-6-5-7-17(12-14)28(24,25)21-15-8-10-16(26-3)11-9-15/h5-13,21H,4H2,1-3H3,(H,20,22)/t13-/m0/s1. The van der Waals surface area contributed by atoms with E-state index < -0.39 is 28.0 Å². The van der Waals surface area contributed by atoms with E-state index in [4.69, 9.17) is 9.47 Å². The molecule has 2 rings (SSSR count). The Balaban J connectivity index is 2.16. The van der Waals surface area contributed by atoms with Crippen LogP contribution in [0.3, 0.4) is 0 Å². The fourth-order valence-corrected chi connectivity index (χ4v) is 3.37. The van der Waals surface area contributed by atoms with Crippen molar-refractivity contribution in [3.05, 3.63) is 54.1 Å². The van der Waals surface area contributed by atoms with Gasteiger partial charge in [-0.1, -0.05) is 6.07 Å². The molecule has 0 aliphatic rings. The molecular weight excluding hydrogens is 384 g/mol. The zero-order valence-corrected chi connectivity index (χ0v) is 16.6. The van der Waals surface area contributed by atoms with Crippen molar-refractivity contribution < 1.29 is 27.5 Å². The monoisotopic (exact) mass is 406 g/mol. The lowest BCUT2D eigenvalue weighted by Gasteiger charge is -2.13. The third kappa shape index (κ3) is 5.46. The molecule has 1 atom stereocenters. The maximum atomic E-state index is 12.6. The molecule has 8 nitrogen and oxygen atoms in total. The Morgan fingerprint density at radius 1 is 1.11 bits per heavy atom. The third-order valence-electron chi connectivity index (χ3n) is 3.73. The molecule has 150 valence electrons. The number of sulfonamides is 1. The molecule has 0 unspecified atom stereocenters. The summed E-state index contributed by atoms with van der Waals surface area (Å²) in [5.74, 6) is -0.630. The second kappa shape index (κ2) is 9.23. The van der Waals surface area contributed by atoms with E-state index in [0.717, 1.165) is 0 Å². The smallest absolute Gasteiger partial charge is 0.338 e. The van der Waals surface area contributed by atoms with Gasteiger partial charge < -0.3 is 14.8 Å². The lowest BCUT2D eigenvalue weighted by atomic mass is 10.2. The molecule has 2 N–H and O–H groups in total. The van der Waals surface area contributed by atoms with E-state index in [9.17, 15) is 18.0 Å². The van der Waals surface area contributed by atoms with E-state index in [1.54, 1.807) is 31.2 Å². The van der Waals surface area contributed by atoms with Crippen molar-refractivity contribution in [3.8, 4) is 5.75 Å². The van der Waals surface area contributed by atoms with Crippen molar-refractivity contribution in [1.82, 2.24) is 5.32 Å². The Labute approximate surface area is 163 Å². The highest BCUT2D eigenvalue weighted by atomic mass is 32.2. The van der Waals surface area contributed by atoms with Crippen LogP contribution in [0.1, 0.15) is 24.2 Å². The first-order chi connectivity index (χ1) is 13.3. The number of carbonyl (C=O) groups excluding carboxylic acids is 2. The fraction of sp³-hybridized carbons (Fsp3) is 0.263. The van der Waals surface area contributed by atoms with Crippen molar-refractivity contribution in [3.63, 3.8) is 0 Å². The molecule has 1 amide bonds. The molecule has 0 heterocycles. The number of methoxy groups -OCH3 is 1. The van der Waals surface area contributed by atoms with Gasteiger partial charge in [0.15, 0.2) is 6.10 Å². The number of rotatable bonds is 8. The van der Waals surface area contributed by atoms with E-state index >= 15 is 0 Å². The zero-order valence-electron chi connectivity index (χ0n) is 15.8. The first-order valence-electron chi connectivity index (χ1n) is 8.52. The number of carbonyl (C=O) groups is 2. The molecular formula is C19H22N2O6S. The maximum absolute atomic E-state index is 12.6. The lowest BCUT2D eigenvalue weighted by Crippen LogP contribution is -2.35. The molecule has 0 saturated heterocycles. The minimum Gasteiger partial charge on any atom is -0.497 e. The normalized spacial score (nSPS) is 12.0. The predicted octanol–water partition coefficient (Wildman–Crippen LogP) is 2.18. The van der Waals surface area contributed by atoms with Gasteiger partial charge in [-0.2, -0.15) is 0 Å². The van der Waals surface area contributed by atoms with Crippen LogP contribution in [-0.2, 0) is 19.6 Å². The second-order valence-electron chi connectivity index (χ2n) is 5.80. The van der Waals surface area contributed by atoms with Gasteiger partial charge in [0, 0.05) is 12.2 Å². The molecule has 0 aliphatic carbocycles. The van der Waals surface area contributed by atoms with Crippen molar-refractivity contribution in [2.75, 3.05) is 18.4 Å². The SMILES string of the molecule is CCNC(=O)[C@H](C)OC(=O)c1cccc(S(=O)(=O)Nc2ccc(OC)cc2)c1. The second-order valence-corrected chi connectivity index (χ2v) is 7.49. The van der Waals surface area contributed by atoms with E-state index in [2.05, 4.69) is 10.0 Å². The Morgan fingerprint density at radius 2 is 1.79 bits per heavy atom. The van der Waals surface area contributed by atoms with Crippen LogP contribution in [0.5, 0.6) is 5.75 Å². The Morgan fingerprint density at radius 3 is 2.39 bits per heavy atom. The molecule has 0 spiro atoms. The highest BCUT2D eigenvalue weighted by Gasteiger charge is 2.21. The summed E-state index contributed by atoms with van der Waals surface area (Å²) in [5.41, 5.74) is 0.368. The van der Waals surface area contributed by atoms with Gasteiger partial charge >= 0.3 is 5.97 Å². The number of hydrogen-bond acceptors (Lipinski definition) is 6. The van der Waals surface area contributed by atoms with Gasteiger partial charge in [-0.3, -0.25) is 9.52 Å². The summed E-state index contributed by atoms with van der Waals surface area (Å²) < 4.78 is 37.7. The van der Waals surface area contributed by atoms with E-state index in [0.29, 0.717) is 18.0 Å². The molecule has 2 aromatic rings. The van der Waals surface area contributed by atoms with Gasteiger partial charge in [0.1, 0.15) is 5.75 Å². The number of nitrogens with one attached hydrogen (secondary N) is 2. The van der Waals surface area contributed by atoms with Gasteiger partial charge in [0.2, 0.25) is 0 Å². The molecule has 0 radical (unpaired) electrons. The predicted molar refractivity (Wildman–Crippen MR) is 104 cm³/mol. The van der Waals surface area contributed by atoms with Crippen LogP contribution in [0.25, 0.3) is 0 Å². The number of likely N-dealkylation sites (N-methyl/N-ethyl adjacent to an activating group) is 1. The number of benzene rings is 2. The summed E-state index contributed by atoms with van der Waals surface area (Å²) in [6, 6.07) is 11.7. The summed E-state index contributed by atoms with van der Waals surface area (Å²) in [4.78, 5) is 23.8. The van der Waals surface area contributed by atoms with E-state index in [1.165, 1.54) is 38.3 Å². The topological polar surface area (TPSA) is 111 Å². The molecule has 2 aromatic carbocycles. The number of amides is 1. The minimum atomic E-state index is -3.92. The molecule has 0 fully saturated rings. The van der Waals surface area contributed by atoms with Gasteiger partial charge in [-0.15, -0.1) is 0 Å². The summed E-state index contributed by atoms with van der Waals surface area (Å²) in [5, 5.41) is 2.54. The molecule has 9 heteroatoms. The minimum absolute atomic E-state index is 0.0220. The van der Waals surface area contributed by atoms with Crippen molar-refractivity contribution >= 4 is 27.6 Å². The number of anilines is 1. The number of ether oxygens (including phenoxy) is 2. The van der Waals surface area contributed by atoms with Crippen LogP contribution in [0.4, 0.5) is 5.69 Å². The number of esters is 1.